The molecule has 4 heteroatoms. The zero-order chi connectivity index (χ0) is 14.7. The normalized spacial score (nSPS) is 12.0. The lowest BCUT2D eigenvalue weighted by Gasteiger charge is -2.25. The molecule has 0 saturated carbocycles. The average Bonchev–Trinajstić information content (AvgIpc) is 2.48. The fourth-order valence-corrected chi connectivity index (χ4v) is 2.04. The van der Waals surface area contributed by atoms with Crippen molar-refractivity contribution in [2.45, 2.75) is 19.9 Å². The number of nitrogens with zero attached hydrogens (tertiary/aromatic N) is 2. The summed E-state index contributed by atoms with van der Waals surface area (Å²) >= 11 is 0. The topological polar surface area (TPSA) is 33.2 Å². The SMILES string of the molecule is Cc1cccc(C(=O)N(C)C(C)c2ccncc2)c1F. The number of carbonyl (C=O) groups excluding carboxylic acids is 1. The van der Waals surface area contributed by atoms with Gasteiger partial charge in [0.15, 0.2) is 0 Å². The highest BCUT2D eigenvalue weighted by Gasteiger charge is 2.21. The summed E-state index contributed by atoms with van der Waals surface area (Å²) in [4.78, 5) is 17.9. The Bertz CT molecular complexity index is 613. The van der Waals surface area contributed by atoms with Crippen molar-refractivity contribution < 1.29 is 9.18 Å². The van der Waals surface area contributed by atoms with E-state index in [-0.39, 0.29) is 17.5 Å². The molecule has 1 amide bonds. The molecule has 0 saturated heterocycles. The van der Waals surface area contributed by atoms with Crippen molar-refractivity contribution >= 4 is 5.91 Å². The highest BCUT2D eigenvalue weighted by Crippen LogP contribution is 2.21. The second kappa shape index (κ2) is 5.82. The maximum absolute atomic E-state index is 14.0. The van der Waals surface area contributed by atoms with Gasteiger partial charge in [0.05, 0.1) is 11.6 Å². The highest BCUT2D eigenvalue weighted by atomic mass is 19.1. The van der Waals surface area contributed by atoms with Crippen molar-refractivity contribution in [3.8, 4) is 0 Å². The Morgan fingerprint density at radius 1 is 1.25 bits per heavy atom. The van der Waals surface area contributed by atoms with Crippen LogP contribution < -0.4 is 0 Å². The van der Waals surface area contributed by atoms with Crippen molar-refractivity contribution in [3.63, 3.8) is 0 Å². The Hall–Kier alpha value is -2.23. The number of aryl methyl sites for hydroxylation is 1. The number of aromatic nitrogens is 1. The van der Waals surface area contributed by atoms with Crippen LogP contribution in [0.15, 0.2) is 42.7 Å². The third-order valence-corrected chi connectivity index (χ3v) is 3.51. The maximum Gasteiger partial charge on any atom is 0.257 e. The molecule has 0 N–H and O–H groups in total. The van der Waals surface area contributed by atoms with E-state index in [1.807, 2.05) is 19.1 Å². The highest BCUT2D eigenvalue weighted by molar-refractivity contribution is 5.94. The standard InChI is InChI=1S/C16H17FN2O/c1-11-5-4-6-14(15(11)17)16(20)19(3)12(2)13-7-9-18-10-8-13/h4-10,12H,1-3H3. The number of amides is 1. The molecule has 2 aromatic rings. The first-order valence-electron chi connectivity index (χ1n) is 6.44. The third kappa shape index (κ3) is 2.69. The Kier molecular flexibility index (Phi) is 4.13. The number of hydrogen-bond donors (Lipinski definition) is 0. The lowest BCUT2D eigenvalue weighted by Crippen LogP contribution is -2.30. The van der Waals surface area contributed by atoms with Crippen LogP contribution in [0.2, 0.25) is 0 Å². The van der Waals surface area contributed by atoms with Gasteiger partial charge in [0.2, 0.25) is 0 Å². The Morgan fingerprint density at radius 3 is 2.55 bits per heavy atom. The molecule has 0 aliphatic heterocycles. The molecule has 2 rings (SSSR count). The molecular formula is C16H17FN2O. The zero-order valence-corrected chi connectivity index (χ0v) is 11.8. The largest absolute Gasteiger partial charge is 0.335 e. The molecule has 1 aromatic carbocycles. The summed E-state index contributed by atoms with van der Waals surface area (Å²) in [5.41, 5.74) is 1.54. The van der Waals surface area contributed by atoms with Gasteiger partial charge in [0.1, 0.15) is 5.82 Å². The van der Waals surface area contributed by atoms with Gasteiger partial charge in [-0.2, -0.15) is 0 Å². The molecule has 1 heterocycles. The number of benzene rings is 1. The molecular weight excluding hydrogens is 255 g/mol. The van der Waals surface area contributed by atoms with Gasteiger partial charge in [0.25, 0.3) is 5.91 Å². The van der Waals surface area contributed by atoms with Crippen molar-refractivity contribution in [2.24, 2.45) is 0 Å². The van der Waals surface area contributed by atoms with E-state index in [2.05, 4.69) is 4.98 Å². The fourth-order valence-electron chi connectivity index (χ4n) is 2.04. The monoisotopic (exact) mass is 272 g/mol. The molecule has 1 unspecified atom stereocenters. The fraction of sp³-hybridized carbons (Fsp3) is 0.250. The molecule has 0 aliphatic rings. The summed E-state index contributed by atoms with van der Waals surface area (Å²) in [6.45, 7) is 3.55. The van der Waals surface area contributed by atoms with E-state index >= 15 is 0 Å². The van der Waals surface area contributed by atoms with Gasteiger partial charge >= 0.3 is 0 Å². The van der Waals surface area contributed by atoms with Crippen LogP contribution in [-0.4, -0.2) is 22.8 Å². The minimum atomic E-state index is -0.453. The van der Waals surface area contributed by atoms with Crippen LogP contribution >= 0.6 is 0 Å². The lowest BCUT2D eigenvalue weighted by molar-refractivity contribution is 0.0737. The number of carbonyl (C=O) groups is 1. The number of hydrogen-bond acceptors (Lipinski definition) is 2. The Labute approximate surface area is 118 Å². The van der Waals surface area contributed by atoms with Gasteiger partial charge in [-0.1, -0.05) is 12.1 Å². The van der Waals surface area contributed by atoms with Gasteiger partial charge in [-0.25, -0.2) is 4.39 Å². The van der Waals surface area contributed by atoms with Crippen LogP contribution in [0.25, 0.3) is 0 Å². The summed E-state index contributed by atoms with van der Waals surface area (Å²) in [7, 11) is 1.68. The first kappa shape index (κ1) is 14.2. The molecule has 20 heavy (non-hydrogen) atoms. The quantitative estimate of drug-likeness (QED) is 0.858. The molecule has 1 atom stereocenters. The van der Waals surface area contributed by atoms with E-state index < -0.39 is 5.82 Å². The number of halogens is 1. The zero-order valence-electron chi connectivity index (χ0n) is 11.8. The van der Waals surface area contributed by atoms with Gasteiger partial charge in [-0.05, 0) is 43.2 Å². The first-order valence-corrected chi connectivity index (χ1v) is 6.44. The van der Waals surface area contributed by atoms with E-state index in [1.54, 1.807) is 38.5 Å². The third-order valence-electron chi connectivity index (χ3n) is 3.51. The smallest absolute Gasteiger partial charge is 0.257 e. The van der Waals surface area contributed by atoms with Crippen LogP contribution in [-0.2, 0) is 0 Å². The van der Waals surface area contributed by atoms with Crippen molar-refractivity contribution in [2.75, 3.05) is 7.05 Å². The molecule has 0 radical (unpaired) electrons. The average molecular weight is 272 g/mol. The Balaban J connectivity index is 2.27. The van der Waals surface area contributed by atoms with Gasteiger partial charge in [-0.15, -0.1) is 0 Å². The van der Waals surface area contributed by atoms with Crippen LogP contribution in [0, 0.1) is 12.7 Å². The second-order valence-electron chi connectivity index (χ2n) is 4.81. The predicted molar refractivity (Wildman–Crippen MR) is 75.9 cm³/mol. The van der Waals surface area contributed by atoms with Crippen LogP contribution in [0.5, 0.6) is 0 Å². The molecule has 3 nitrogen and oxygen atoms in total. The summed E-state index contributed by atoms with van der Waals surface area (Å²) < 4.78 is 14.0. The summed E-state index contributed by atoms with van der Waals surface area (Å²) in [6, 6.07) is 8.41. The molecule has 104 valence electrons. The van der Waals surface area contributed by atoms with Gasteiger partial charge in [-0.3, -0.25) is 9.78 Å². The molecule has 0 aliphatic carbocycles. The van der Waals surface area contributed by atoms with Crippen LogP contribution in [0.3, 0.4) is 0 Å². The van der Waals surface area contributed by atoms with Gasteiger partial charge < -0.3 is 4.90 Å². The van der Waals surface area contributed by atoms with Crippen LogP contribution in [0.4, 0.5) is 4.39 Å². The van der Waals surface area contributed by atoms with E-state index in [4.69, 9.17) is 0 Å². The van der Waals surface area contributed by atoms with Crippen molar-refractivity contribution in [1.29, 1.82) is 0 Å². The van der Waals surface area contributed by atoms with E-state index in [9.17, 15) is 9.18 Å². The summed E-state index contributed by atoms with van der Waals surface area (Å²) in [6.07, 6.45) is 3.36. The number of pyridine rings is 1. The van der Waals surface area contributed by atoms with E-state index in [1.165, 1.54) is 11.0 Å². The predicted octanol–water partition coefficient (Wildman–Crippen LogP) is 3.36. The maximum atomic E-state index is 14.0. The molecule has 0 fully saturated rings. The molecule has 0 bridgehead atoms. The second-order valence-corrected chi connectivity index (χ2v) is 4.81. The minimum absolute atomic E-state index is 0.105. The first-order chi connectivity index (χ1) is 9.52. The summed E-state index contributed by atoms with van der Waals surface area (Å²) in [5.74, 6) is -0.776. The number of rotatable bonds is 3. The van der Waals surface area contributed by atoms with Gasteiger partial charge in [0, 0.05) is 19.4 Å². The van der Waals surface area contributed by atoms with E-state index in [0.717, 1.165) is 5.56 Å². The Morgan fingerprint density at radius 2 is 1.90 bits per heavy atom. The lowest BCUT2D eigenvalue weighted by atomic mass is 10.1. The molecule has 1 aromatic heterocycles. The molecule has 0 spiro atoms. The van der Waals surface area contributed by atoms with Crippen molar-refractivity contribution in [1.82, 2.24) is 9.88 Å². The minimum Gasteiger partial charge on any atom is -0.335 e. The van der Waals surface area contributed by atoms with Crippen molar-refractivity contribution in [3.05, 3.63) is 65.2 Å². The summed E-state index contributed by atoms with van der Waals surface area (Å²) in [5, 5.41) is 0. The van der Waals surface area contributed by atoms with E-state index in [0.29, 0.717) is 5.56 Å². The van der Waals surface area contributed by atoms with Crippen LogP contribution in [0.1, 0.15) is 34.5 Å².